The molecule has 3 aromatic rings. The minimum absolute atomic E-state index is 0.0693. The lowest BCUT2D eigenvalue weighted by Crippen LogP contribution is -2.24. The summed E-state index contributed by atoms with van der Waals surface area (Å²) in [7, 11) is 0. The van der Waals surface area contributed by atoms with Crippen LogP contribution in [0.4, 0.5) is 8.78 Å². The van der Waals surface area contributed by atoms with Crippen LogP contribution >= 0.6 is 11.3 Å². The normalized spacial score (nSPS) is 11.1. The molecule has 1 aromatic carbocycles. The van der Waals surface area contributed by atoms with Crippen LogP contribution in [0.2, 0.25) is 0 Å². The monoisotopic (exact) mass is 338 g/mol. The number of aromatic nitrogens is 4. The van der Waals surface area contributed by atoms with Gasteiger partial charge in [-0.2, -0.15) is 13.9 Å². The highest BCUT2D eigenvalue weighted by atomic mass is 32.1. The van der Waals surface area contributed by atoms with Gasteiger partial charge in [0, 0.05) is 5.38 Å². The second-order valence-corrected chi connectivity index (χ2v) is 5.57. The lowest BCUT2D eigenvalue weighted by atomic mass is 10.2. The minimum atomic E-state index is -2.86. The van der Waals surface area contributed by atoms with Crippen LogP contribution < -0.4 is 10.4 Å². The third-order valence-corrected chi connectivity index (χ3v) is 3.98. The summed E-state index contributed by atoms with van der Waals surface area (Å²) in [5, 5.41) is 6.45. The van der Waals surface area contributed by atoms with Gasteiger partial charge in [-0.3, -0.25) is 0 Å². The number of rotatable bonds is 5. The summed E-state index contributed by atoms with van der Waals surface area (Å²) in [6.07, 6.45) is 1.41. The van der Waals surface area contributed by atoms with E-state index < -0.39 is 6.61 Å². The Morgan fingerprint density at radius 1 is 1.30 bits per heavy atom. The molecule has 0 N–H and O–H groups in total. The van der Waals surface area contributed by atoms with Gasteiger partial charge in [-0.15, -0.1) is 11.3 Å². The molecule has 6 nitrogen and oxygen atoms in total. The Kier molecular flexibility index (Phi) is 4.20. The summed E-state index contributed by atoms with van der Waals surface area (Å²) >= 11 is 1.36. The van der Waals surface area contributed by atoms with Gasteiger partial charge in [0.15, 0.2) is 5.13 Å². The molecule has 0 saturated heterocycles. The van der Waals surface area contributed by atoms with E-state index in [2.05, 4.69) is 14.8 Å². The third kappa shape index (κ3) is 3.45. The van der Waals surface area contributed by atoms with E-state index in [1.54, 1.807) is 12.1 Å². The number of hydrogen-bond donors (Lipinski definition) is 0. The maximum Gasteiger partial charge on any atom is 0.387 e. The van der Waals surface area contributed by atoms with Crippen LogP contribution in [-0.4, -0.2) is 25.9 Å². The highest BCUT2D eigenvalue weighted by molar-refractivity contribution is 7.12. The van der Waals surface area contributed by atoms with Gasteiger partial charge < -0.3 is 4.74 Å². The van der Waals surface area contributed by atoms with E-state index >= 15 is 0 Å². The van der Waals surface area contributed by atoms with Gasteiger partial charge in [0.05, 0.1) is 12.2 Å². The average Bonchev–Trinajstić information content (AvgIpc) is 3.08. The number of benzene rings is 1. The number of nitrogens with zero attached hydrogens (tertiary/aromatic N) is 4. The predicted octanol–water partition coefficient (Wildman–Crippen LogP) is 2.45. The van der Waals surface area contributed by atoms with E-state index in [9.17, 15) is 13.6 Å². The Labute approximate surface area is 133 Å². The highest BCUT2D eigenvalue weighted by Gasteiger charge is 2.10. The van der Waals surface area contributed by atoms with E-state index in [1.165, 1.54) is 39.0 Å². The van der Waals surface area contributed by atoms with Crippen molar-refractivity contribution in [3.8, 4) is 10.9 Å². The van der Waals surface area contributed by atoms with Crippen molar-refractivity contribution in [1.29, 1.82) is 0 Å². The summed E-state index contributed by atoms with van der Waals surface area (Å²) in [4.78, 5) is 16.5. The Morgan fingerprint density at radius 2 is 2.04 bits per heavy atom. The van der Waals surface area contributed by atoms with Gasteiger partial charge in [-0.1, -0.05) is 12.1 Å². The first-order chi connectivity index (χ1) is 11.0. The zero-order valence-electron chi connectivity index (χ0n) is 12.0. The number of thiazole rings is 1. The third-order valence-electron chi connectivity index (χ3n) is 3.03. The number of hydrogen-bond acceptors (Lipinski definition) is 5. The van der Waals surface area contributed by atoms with Crippen LogP contribution in [0.15, 0.2) is 40.8 Å². The fourth-order valence-electron chi connectivity index (χ4n) is 1.98. The van der Waals surface area contributed by atoms with Crippen molar-refractivity contribution >= 4 is 11.3 Å². The molecule has 0 fully saturated rings. The van der Waals surface area contributed by atoms with E-state index in [0.29, 0.717) is 5.13 Å². The molecule has 0 radical (unpaired) electrons. The van der Waals surface area contributed by atoms with Crippen molar-refractivity contribution in [2.24, 2.45) is 0 Å². The van der Waals surface area contributed by atoms with Crippen LogP contribution in [-0.2, 0) is 6.54 Å². The second kappa shape index (κ2) is 6.29. The Morgan fingerprint density at radius 3 is 2.65 bits per heavy atom. The molecule has 0 atom stereocenters. The zero-order valence-corrected chi connectivity index (χ0v) is 12.8. The molecule has 0 aliphatic rings. The van der Waals surface area contributed by atoms with E-state index in [1.807, 2.05) is 12.3 Å². The number of ether oxygens (including phenoxy) is 1. The molecule has 3 rings (SSSR count). The molecular formula is C14H12F2N4O2S. The van der Waals surface area contributed by atoms with E-state index in [0.717, 1.165) is 11.3 Å². The summed E-state index contributed by atoms with van der Waals surface area (Å²) in [6.45, 7) is -0.787. The van der Waals surface area contributed by atoms with Crippen molar-refractivity contribution in [2.45, 2.75) is 20.1 Å². The van der Waals surface area contributed by atoms with Crippen LogP contribution in [0.25, 0.3) is 5.13 Å². The van der Waals surface area contributed by atoms with Crippen molar-refractivity contribution < 1.29 is 13.5 Å². The summed E-state index contributed by atoms with van der Waals surface area (Å²) < 4.78 is 31.1. The van der Waals surface area contributed by atoms with Crippen LogP contribution in [0.1, 0.15) is 11.3 Å². The molecule has 0 bridgehead atoms. The molecule has 120 valence electrons. The van der Waals surface area contributed by atoms with Crippen LogP contribution in [0.5, 0.6) is 5.75 Å². The number of halogens is 2. The molecular weight excluding hydrogens is 326 g/mol. The molecule has 2 aromatic heterocycles. The topological polar surface area (TPSA) is 61.9 Å². The molecule has 0 aliphatic heterocycles. The summed E-state index contributed by atoms with van der Waals surface area (Å²) in [5.41, 5.74) is 1.26. The summed E-state index contributed by atoms with van der Waals surface area (Å²) in [6, 6.07) is 6.06. The molecule has 23 heavy (non-hydrogen) atoms. The maximum atomic E-state index is 12.3. The fraction of sp³-hybridized carbons (Fsp3) is 0.214. The van der Waals surface area contributed by atoms with Gasteiger partial charge in [0.25, 0.3) is 0 Å². The van der Waals surface area contributed by atoms with E-state index in [4.69, 9.17) is 0 Å². The first-order valence-electron chi connectivity index (χ1n) is 6.63. The van der Waals surface area contributed by atoms with Gasteiger partial charge in [0.1, 0.15) is 12.1 Å². The molecule has 0 spiro atoms. The molecule has 0 amide bonds. The van der Waals surface area contributed by atoms with Gasteiger partial charge in [-0.05, 0) is 24.6 Å². The molecule has 0 aliphatic carbocycles. The molecule has 9 heteroatoms. The van der Waals surface area contributed by atoms with Gasteiger partial charge >= 0.3 is 12.3 Å². The minimum Gasteiger partial charge on any atom is -0.435 e. The van der Waals surface area contributed by atoms with Crippen molar-refractivity contribution in [2.75, 3.05) is 0 Å². The van der Waals surface area contributed by atoms with E-state index in [-0.39, 0.29) is 18.0 Å². The quantitative estimate of drug-likeness (QED) is 0.717. The number of aryl methyl sites for hydroxylation is 1. The fourth-order valence-corrected chi connectivity index (χ4v) is 2.74. The first kappa shape index (κ1) is 15.3. The highest BCUT2D eigenvalue weighted by Crippen LogP contribution is 2.15. The summed E-state index contributed by atoms with van der Waals surface area (Å²) in [5.74, 6) is 0.0693. The Hall–Kier alpha value is -2.55. The molecule has 0 saturated carbocycles. The Balaban J connectivity index is 1.78. The van der Waals surface area contributed by atoms with Crippen LogP contribution in [0.3, 0.4) is 0 Å². The first-order valence-corrected chi connectivity index (χ1v) is 7.51. The SMILES string of the molecule is Cc1csc(-n2cnn(Cc3ccc(OC(F)F)cc3)c2=O)n1. The molecule has 2 heterocycles. The lowest BCUT2D eigenvalue weighted by molar-refractivity contribution is -0.0498. The standard InChI is InChI=1S/C14H12F2N4O2S/c1-9-7-23-13(18-9)19-8-17-20(14(19)21)6-10-2-4-11(5-3-10)22-12(15)16/h2-5,7-8,12H,6H2,1H3. The lowest BCUT2D eigenvalue weighted by Gasteiger charge is -2.05. The van der Waals surface area contributed by atoms with Crippen LogP contribution in [0, 0.1) is 6.92 Å². The maximum absolute atomic E-state index is 12.3. The van der Waals surface area contributed by atoms with Crippen molar-refractivity contribution in [3.05, 3.63) is 57.7 Å². The van der Waals surface area contributed by atoms with Crippen molar-refractivity contribution in [3.63, 3.8) is 0 Å². The average molecular weight is 338 g/mol. The van der Waals surface area contributed by atoms with Gasteiger partial charge in [0.2, 0.25) is 0 Å². The molecule has 0 unspecified atom stereocenters. The smallest absolute Gasteiger partial charge is 0.387 e. The Bertz CT molecular complexity index is 854. The largest absolute Gasteiger partial charge is 0.435 e. The predicted molar refractivity (Wildman–Crippen MR) is 80.4 cm³/mol. The van der Waals surface area contributed by atoms with Crippen molar-refractivity contribution in [1.82, 2.24) is 19.3 Å². The van der Waals surface area contributed by atoms with Gasteiger partial charge in [-0.25, -0.2) is 19.0 Å². The second-order valence-electron chi connectivity index (χ2n) is 4.74. The zero-order chi connectivity index (χ0) is 16.4. The number of alkyl halides is 2.